The lowest BCUT2D eigenvalue weighted by atomic mass is 9.93. The molecule has 0 spiro atoms. The normalized spacial score (nSPS) is 13.8. The smallest absolute Gasteiger partial charge is 0.251 e. The Labute approximate surface area is 241 Å². The lowest BCUT2D eigenvalue weighted by Gasteiger charge is -2.25. The SMILES string of the molecule is CNC(=O)c1cc(C)cc([C@@H](C)Nc2ccccc2SC)c1/C=C/N1CCc2nn(-c3ccc(C)cc3)cc2C1. The van der Waals surface area contributed by atoms with Crippen LogP contribution < -0.4 is 10.6 Å². The van der Waals surface area contributed by atoms with E-state index in [0.717, 1.165) is 53.3 Å². The van der Waals surface area contributed by atoms with E-state index < -0.39 is 0 Å². The maximum atomic E-state index is 13.0. The molecule has 206 valence electrons. The predicted molar refractivity (Wildman–Crippen MR) is 166 cm³/mol. The van der Waals surface area contributed by atoms with Gasteiger partial charge in [0.25, 0.3) is 5.91 Å². The number of fused-ring (bicyclic) bond motifs is 1. The number of nitrogens with one attached hydrogen (secondary N) is 2. The Balaban J connectivity index is 1.43. The van der Waals surface area contributed by atoms with E-state index in [1.54, 1.807) is 18.8 Å². The first kappa shape index (κ1) is 27.6. The van der Waals surface area contributed by atoms with Crippen LogP contribution in [0.15, 0.2) is 78.0 Å². The van der Waals surface area contributed by atoms with Gasteiger partial charge in [0.05, 0.1) is 11.4 Å². The van der Waals surface area contributed by atoms with Gasteiger partial charge in [-0.15, -0.1) is 11.8 Å². The number of amides is 1. The Kier molecular flexibility index (Phi) is 8.31. The summed E-state index contributed by atoms with van der Waals surface area (Å²) in [5.41, 5.74) is 9.56. The number of carbonyl (C=O) groups is 1. The summed E-state index contributed by atoms with van der Waals surface area (Å²) in [7, 11) is 1.69. The molecule has 2 N–H and O–H groups in total. The van der Waals surface area contributed by atoms with Gasteiger partial charge >= 0.3 is 0 Å². The Bertz CT molecular complexity index is 1540. The second kappa shape index (κ2) is 12.0. The summed E-state index contributed by atoms with van der Waals surface area (Å²) >= 11 is 1.72. The van der Waals surface area contributed by atoms with Crippen LogP contribution in [0.3, 0.4) is 0 Å². The molecule has 0 bridgehead atoms. The zero-order valence-electron chi connectivity index (χ0n) is 23.9. The number of hydrogen-bond donors (Lipinski definition) is 2. The molecule has 1 atom stereocenters. The maximum absolute atomic E-state index is 13.0. The van der Waals surface area contributed by atoms with Crippen molar-refractivity contribution in [1.29, 1.82) is 0 Å². The molecule has 0 saturated carbocycles. The second-order valence-electron chi connectivity index (χ2n) is 10.4. The van der Waals surface area contributed by atoms with Crippen LogP contribution in [0, 0.1) is 13.8 Å². The van der Waals surface area contributed by atoms with Crippen molar-refractivity contribution in [2.45, 2.75) is 44.7 Å². The van der Waals surface area contributed by atoms with Gasteiger partial charge in [-0.3, -0.25) is 4.79 Å². The number of anilines is 1. The lowest BCUT2D eigenvalue weighted by molar-refractivity contribution is 0.0962. The molecule has 40 heavy (non-hydrogen) atoms. The quantitative estimate of drug-likeness (QED) is 0.237. The molecule has 6 nitrogen and oxygen atoms in total. The third kappa shape index (κ3) is 5.94. The average molecular weight is 552 g/mol. The Morgan fingerprint density at radius 2 is 1.85 bits per heavy atom. The third-order valence-electron chi connectivity index (χ3n) is 7.41. The van der Waals surface area contributed by atoms with E-state index in [2.05, 4.69) is 103 Å². The Morgan fingerprint density at radius 3 is 2.60 bits per heavy atom. The highest BCUT2D eigenvalue weighted by atomic mass is 32.2. The molecule has 0 aliphatic carbocycles. The monoisotopic (exact) mass is 551 g/mol. The first-order valence-electron chi connectivity index (χ1n) is 13.7. The summed E-state index contributed by atoms with van der Waals surface area (Å²) in [4.78, 5) is 16.5. The number of para-hydroxylation sites is 1. The van der Waals surface area contributed by atoms with Crippen LogP contribution in [0.5, 0.6) is 0 Å². The van der Waals surface area contributed by atoms with Gasteiger partial charge in [0.1, 0.15) is 0 Å². The van der Waals surface area contributed by atoms with E-state index >= 15 is 0 Å². The highest BCUT2D eigenvalue weighted by Crippen LogP contribution is 2.32. The first-order valence-corrected chi connectivity index (χ1v) is 14.9. The predicted octanol–water partition coefficient (Wildman–Crippen LogP) is 6.77. The van der Waals surface area contributed by atoms with Crippen molar-refractivity contribution in [3.8, 4) is 5.69 Å². The van der Waals surface area contributed by atoms with Crippen LogP contribution in [0.1, 0.15) is 56.8 Å². The van der Waals surface area contributed by atoms with E-state index in [1.165, 1.54) is 16.0 Å². The van der Waals surface area contributed by atoms with E-state index in [9.17, 15) is 4.79 Å². The molecule has 3 aromatic carbocycles. The van der Waals surface area contributed by atoms with E-state index in [1.807, 2.05) is 23.7 Å². The largest absolute Gasteiger partial charge is 0.378 e. The van der Waals surface area contributed by atoms with E-state index in [0.29, 0.717) is 5.56 Å². The number of carbonyl (C=O) groups excluding carboxylic acids is 1. The summed E-state index contributed by atoms with van der Waals surface area (Å²) in [6, 6.07) is 20.9. The van der Waals surface area contributed by atoms with Gasteiger partial charge in [-0.05, 0) is 86.3 Å². The van der Waals surface area contributed by atoms with Crippen LogP contribution in [0.4, 0.5) is 5.69 Å². The fourth-order valence-corrected chi connectivity index (χ4v) is 5.80. The third-order valence-corrected chi connectivity index (χ3v) is 8.21. The summed E-state index contributed by atoms with van der Waals surface area (Å²) in [5.74, 6) is -0.0818. The molecule has 0 unspecified atom stereocenters. The highest BCUT2D eigenvalue weighted by Gasteiger charge is 2.21. The van der Waals surface area contributed by atoms with Crippen LogP contribution >= 0.6 is 11.8 Å². The van der Waals surface area contributed by atoms with Crippen LogP contribution in [-0.4, -0.2) is 40.4 Å². The van der Waals surface area contributed by atoms with Crippen molar-refractivity contribution < 1.29 is 4.79 Å². The molecule has 7 heteroatoms. The first-order chi connectivity index (χ1) is 19.4. The van der Waals surface area contributed by atoms with Gasteiger partial charge < -0.3 is 15.5 Å². The number of nitrogens with zero attached hydrogens (tertiary/aromatic N) is 3. The van der Waals surface area contributed by atoms with Crippen molar-refractivity contribution in [2.75, 3.05) is 25.2 Å². The molecule has 2 heterocycles. The summed E-state index contributed by atoms with van der Waals surface area (Å²) in [6.45, 7) is 7.95. The summed E-state index contributed by atoms with van der Waals surface area (Å²) in [5, 5.41) is 11.4. The van der Waals surface area contributed by atoms with Crippen molar-refractivity contribution >= 4 is 29.4 Å². The zero-order valence-corrected chi connectivity index (χ0v) is 24.7. The minimum Gasteiger partial charge on any atom is -0.378 e. The molecule has 1 aliphatic rings. The number of hydrogen-bond acceptors (Lipinski definition) is 5. The Hall–Kier alpha value is -3.97. The fraction of sp³-hybridized carbons (Fsp3) is 0.273. The molecule has 0 saturated heterocycles. The van der Waals surface area contributed by atoms with Crippen molar-refractivity contribution in [3.63, 3.8) is 0 Å². The fourth-order valence-electron chi connectivity index (χ4n) is 5.24. The molecule has 0 fully saturated rings. The molecular weight excluding hydrogens is 514 g/mol. The lowest BCUT2D eigenvalue weighted by Crippen LogP contribution is -2.25. The van der Waals surface area contributed by atoms with E-state index in [4.69, 9.17) is 5.10 Å². The maximum Gasteiger partial charge on any atom is 0.251 e. The molecular formula is C33H37N5OS. The zero-order chi connectivity index (χ0) is 28.2. The second-order valence-corrected chi connectivity index (χ2v) is 11.2. The van der Waals surface area contributed by atoms with Gasteiger partial charge in [0, 0.05) is 60.5 Å². The standard InChI is InChI=1S/C33H37N5OS/c1-22-10-12-26(13-11-22)38-21-25-20-37(17-15-30(25)36-38)16-14-27-28(18-23(2)19-29(27)33(39)34-4)24(3)35-31-8-6-7-9-32(31)40-5/h6-14,16,18-19,21,24,35H,15,17,20H2,1-5H3,(H,34,39)/b16-14+/t24-/m1/s1. The number of aromatic nitrogens is 2. The minimum absolute atomic E-state index is 0.00282. The van der Waals surface area contributed by atoms with Crippen LogP contribution in [0.2, 0.25) is 0 Å². The van der Waals surface area contributed by atoms with Gasteiger partial charge in [-0.2, -0.15) is 5.10 Å². The average Bonchev–Trinajstić information content (AvgIpc) is 3.39. The van der Waals surface area contributed by atoms with Gasteiger partial charge in [-0.25, -0.2) is 4.68 Å². The van der Waals surface area contributed by atoms with Gasteiger partial charge in [0.2, 0.25) is 0 Å². The molecule has 5 rings (SSSR count). The van der Waals surface area contributed by atoms with Crippen molar-refractivity contribution in [3.05, 3.63) is 112 Å². The van der Waals surface area contributed by atoms with E-state index in [-0.39, 0.29) is 11.9 Å². The number of aryl methyl sites for hydroxylation is 2. The summed E-state index contributed by atoms with van der Waals surface area (Å²) in [6.07, 6.45) is 9.35. The van der Waals surface area contributed by atoms with Gasteiger partial charge in [-0.1, -0.05) is 35.9 Å². The topological polar surface area (TPSA) is 62.2 Å². The summed E-state index contributed by atoms with van der Waals surface area (Å²) < 4.78 is 1.98. The molecule has 4 aromatic rings. The minimum atomic E-state index is -0.0818. The number of rotatable bonds is 8. The van der Waals surface area contributed by atoms with Crippen LogP contribution in [0.25, 0.3) is 11.8 Å². The number of benzene rings is 3. The highest BCUT2D eigenvalue weighted by molar-refractivity contribution is 7.98. The van der Waals surface area contributed by atoms with Crippen LogP contribution in [-0.2, 0) is 13.0 Å². The van der Waals surface area contributed by atoms with Gasteiger partial charge in [0.15, 0.2) is 0 Å². The number of thioether (sulfide) groups is 1. The van der Waals surface area contributed by atoms with Crippen molar-refractivity contribution in [1.82, 2.24) is 20.0 Å². The Morgan fingerprint density at radius 1 is 1.07 bits per heavy atom. The molecule has 1 aromatic heterocycles. The van der Waals surface area contributed by atoms with Crippen molar-refractivity contribution in [2.24, 2.45) is 0 Å². The molecule has 0 radical (unpaired) electrons. The molecule has 1 amide bonds. The molecule has 1 aliphatic heterocycles.